The number of likely N-dealkylation sites (N-methyl/N-ethyl adjacent to an activating group) is 1. The molecule has 0 aliphatic carbocycles. The van der Waals surface area contributed by atoms with Crippen LogP contribution in [0.2, 0.25) is 0 Å². The van der Waals surface area contributed by atoms with Gasteiger partial charge in [0.15, 0.2) is 0 Å². The molecule has 114 valence electrons. The van der Waals surface area contributed by atoms with Gasteiger partial charge in [0.05, 0.1) is 12.5 Å². The SMILES string of the molecule is CCOc1ccccc1CN1C[C@H]2CC[C@@H](C1)N(C)C2=O. The molecule has 2 bridgehead atoms. The van der Waals surface area contributed by atoms with Crippen LogP contribution in [0.15, 0.2) is 24.3 Å². The van der Waals surface area contributed by atoms with Crippen LogP contribution in [0.25, 0.3) is 0 Å². The Labute approximate surface area is 126 Å². The summed E-state index contributed by atoms with van der Waals surface area (Å²) >= 11 is 0. The molecule has 1 aromatic rings. The van der Waals surface area contributed by atoms with Gasteiger partial charge in [-0.3, -0.25) is 9.69 Å². The largest absolute Gasteiger partial charge is 0.494 e. The fraction of sp³-hybridized carbons (Fsp3) is 0.588. The van der Waals surface area contributed by atoms with Crippen LogP contribution in [0.5, 0.6) is 5.75 Å². The average Bonchev–Trinajstić information content (AvgIpc) is 2.75. The Morgan fingerprint density at radius 1 is 1.24 bits per heavy atom. The molecule has 3 fully saturated rings. The molecule has 4 heteroatoms. The quantitative estimate of drug-likeness (QED) is 0.851. The molecule has 3 heterocycles. The molecule has 0 N–H and O–H groups in total. The van der Waals surface area contributed by atoms with Crippen molar-refractivity contribution in [3.63, 3.8) is 0 Å². The lowest BCUT2D eigenvalue weighted by Crippen LogP contribution is -2.45. The molecule has 4 nitrogen and oxygen atoms in total. The molecule has 2 atom stereocenters. The van der Waals surface area contributed by atoms with E-state index in [1.165, 1.54) is 5.56 Å². The van der Waals surface area contributed by atoms with Crippen LogP contribution >= 0.6 is 0 Å². The van der Waals surface area contributed by atoms with Gasteiger partial charge in [-0.15, -0.1) is 0 Å². The van der Waals surface area contributed by atoms with Gasteiger partial charge in [0.25, 0.3) is 0 Å². The number of ether oxygens (including phenoxy) is 1. The van der Waals surface area contributed by atoms with E-state index in [0.717, 1.165) is 38.2 Å². The number of nitrogens with zero attached hydrogens (tertiary/aromatic N) is 2. The summed E-state index contributed by atoms with van der Waals surface area (Å²) in [6.07, 6.45) is 2.17. The van der Waals surface area contributed by atoms with Gasteiger partial charge in [-0.1, -0.05) is 18.2 Å². The Balaban J connectivity index is 1.75. The normalized spacial score (nSPS) is 26.0. The van der Waals surface area contributed by atoms with Gasteiger partial charge >= 0.3 is 0 Å². The van der Waals surface area contributed by atoms with E-state index in [1.807, 2.05) is 31.0 Å². The van der Waals surface area contributed by atoms with Crippen molar-refractivity contribution >= 4 is 5.91 Å². The fourth-order valence-electron chi connectivity index (χ4n) is 3.55. The van der Waals surface area contributed by atoms with Gasteiger partial charge < -0.3 is 9.64 Å². The minimum absolute atomic E-state index is 0.174. The summed E-state index contributed by atoms with van der Waals surface area (Å²) in [4.78, 5) is 16.6. The van der Waals surface area contributed by atoms with Crippen molar-refractivity contribution in [2.24, 2.45) is 5.92 Å². The lowest BCUT2D eigenvalue weighted by atomic mass is 9.95. The van der Waals surface area contributed by atoms with Crippen LogP contribution in [-0.4, -0.2) is 48.5 Å². The standard InChI is InChI=1S/C17H24N2O2/c1-3-21-16-7-5-4-6-13(16)10-19-11-14-8-9-15(12-19)18(2)17(14)20/h4-7,14-15H,3,8-12H2,1-2H3/t14-,15+/m1/s1. The minimum Gasteiger partial charge on any atom is -0.494 e. The maximum atomic E-state index is 12.2. The molecule has 0 radical (unpaired) electrons. The van der Waals surface area contributed by atoms with E-state index in [9.17, 15) is 4.79 Å². The second-order valence-electron chi connectivity index (χ2n) is 6.11. The van der Waals surface area contributed by atoms with Crippen molar-refractivity contribution in [3.8, 4) is 5.75 Å². The second kappa shape index (κ2) is 6.06. The molecular weight excluding hydrogens is 264 g/mol. The molecule has 3 aliphatic rings. The molecule has 21 heavy (non-hydrogen) atoms. The minimum atomic E-state index is 0.174. The van der Waals surface area contributed by atoms with Gasteiger partial charge in [-0.2, -0.15) is 0 Å². The van der Waals surface area contributed by atoms with Crippen LogP contribution in [0.3, 0.4) is 0 Å². The number of piperidine rings is 1. The molecular formula is C17H24N2O2. The van der Waals surface area contributed by atoms with Crippen molar-refractivity contribution in [3.05, 3.63) is 29.8 Å². The van der Waals surface area contributed by atoms with Gasteiger partial charge in [0, 0.05) is 38.3 Å². The van der Waals surface area contributed by atoms with E-state index in [1.54, 1.807) is 0 Å². The molecule has 1 amide bonds. The Morgan fingerprint density at radius 3 is 2.86 bits per heavy atom. The van der Waals surface area contributed by atoms with E-state index >= 15 is 0 Å². The van der Waals surface area contributed by atoms with Crippen molar-refractivity contribution in [1.82, 2.24) is 9.80 Å². The monoisotopic (exact) mass is 288 g/mol. The average molecular weight is 288 g/mol. The maximum absolute atomic E-state index is 12.2. The van der Waals surface area contributed by atoms with Crippen LogP contribution in [0.1, 0.15) is 25.3 Å². The summed E-state index contributed by atoms with van der Waals surface area (Å²) in [6, 6.07) is 8.60. The molecule has 0 aromatic heterocycles. The highest BCUT2D eigenvalue weighted by Gasteiger charge is 2.38. The van der Waals surface area contributed by atoms with Crippen LogP contribution < -0.4 is 4.74 Å². The first kappa shape index (κ1) is 14.4. The number of fused-ring (bicyclic) bond motifs is 4. The third-order valence-electron chi connectivity index (χ3n) is 4.71. The maximum Gasteiger partial charge on any atom is 0.227 e. The third-order valence-corrected chi connectivity index (χ3v) is 4.71. The molecule has 0 unspecified atom stereocenters. The van der Waals surface area contributed by atoms with Crippen LogP contribution in [-0.2, 0) is 11.3 Å². The highest BCUT2D eigenvalue weighted by atomic mass is 16.5. The molecule has 0 saturated carbocycles. The molecule has 1 aromatic carbocycles. The van der Waals surface area contributed by atoms with Gasteiger partial charge in [0.1, 0.15) is 5.75 Å². The number of carbonyl (C=O) groups excluding carboxylic acids is 1. The summed E-state index contributed by atoms with van der Waals surface area (Å²) in [7, 11) is 1.96. The van der Waals surface area contributed by atoms with E-state index in [4.69, 9.17) is 4.74 Å². The highest BCUT2D eigenvalue weighted by molar-refractivity contribution is 5.80. The number of carbonyl (C=O) groups is 1. The summed E-state index contributed by atoms with van der Waals surface area (Å²) in [6.45, 7) is 5.41. The highest BCUT2D eigenvalue weighted by Crippen LogP contribution is 2.30. The predicted octanol–water partition coefficient (Wildman–Crippen LogP) is 2.14. The Morgan fingerprint density at radius 2 is 2.05 bits per heavy atom. The number of rotatable bonds is 4. The zero-order valence-corrected chi connectivity index (χ0v) is 12.9. The topological polar surface area (TPSA) is 32.8 Å². The lowest BCUT2D eigenvalue weighted by Gasteiger charge is -2.32. The summed E-state index contributed by atoms with van der Waals surface area (Å²) in [5.74, 6) is 1.47. The second-order valence-corrected chi connectivity index (χ2v) is 6.11. The van der Waals surface area contributed by atoms with Crippen LogP contribution in [0, 0.1) is 5.92 Å². The van der Waals surface area contributed by atoms with Crippen molar-refractivity contribution < 1.29 is 9.53 Å². The van der Waals surface area contributed by atoms with E-state index in [-0.39, 0.29) is 5.92 Å². The van der Waals surface area contributed by atoms with Gasteiger partial charge in [-0.25, -0.2) is 0 Å². The van der Waals surface area contributed by atoms with E-state index in [2.05, 4.69) is 17.0 Å². The smallest absolute Gasteiger partial charge is 0.227 e. The number of amides is 1. The molecule has 4 rings (SSSR count). The Bertz CT molecular complexity index is 517. The number of hydrogen-bond donors (Lipinski definition) is 0. The number of benzene rings is 1. The zero-order chi connectivity index (χ0) is 14.8. The molecule has 3 aliphatic heterocycles. The molecule has 3 saturated heterocycles. The van der Waals surface area contributed by atoms with Crippen molar-refractivity contribution in [1.29, 1.82) is 0 Å². The first-order valence-electron chi connectivity index (χ1n) is 7.88. The van der Waals surface area contributed by atoms with Crippen LogP contribution in [0.4, 0.5) is 0 Å². The van der Waals surface area contributed by atoms with Crippen molar-refractivity contribution in [2.75, 3.05) is 26.7 Å². The third kappa shape index (κ3) is 2.91. The first-order chi connectivity index (χ1) is 10.2. The first-order valence-corrected chi connectivity index (χ1v) is 7.88. The van der Waals surface area contributed by atoms with Crippen molar-refractivity contribution in [2.45, 2.75) is 32.4 Å². The lowest BCUT2D eigenvalue weighted by molar-refractivity contribution is -0.138. The number of hydrogen-bond acceptors (Lipinski definition) is 3. The zero-order valence-electron chi connectivity index (χ0n) is 12.9. The van der Waals surface area contributed by atoms with E-state index < -0.39 is 0 Å². The summed E-state index contributed by atoms with van der Waals surface area (Å²) in [5.41, 5.74) is 1.22. The Hall–Kier alpha value is -1.55. The van der Waals surface area contributed by atoms with Gasteiger partial charge in [0.2, 0.25) is 5.91 Å². The molecule has 0 spiro atoms. The van der Waals surface area contributed by atoms with Gasteiger partial charge in [-0.05, 0) is 25.8 Å². The summed E-state index contributed by atoms with van der Waals surface area (Å²) < 4.78 is 5.72. The Kier molecular flexibility index (Phi) is 4.15. The fourth-order valence-corrected chi connectivity index (χ4v) is 3.55. The predicted molar refractivity (Wildman–Crippen MR) is 82.2 cm³/mol. The van der Waals surface area contributed by atoms with E-state index in [0.29, 0.717) is 18.6 Å². The number of para-hydroxylation sites is 1. The summed E-state index contributed by atoms with van der Waals surface area (Å²) in [5, 5.41) is 0.